The number of amides is 2. The second kappa shape index (κ2) is 11.2. The highest BCUT2D eigenvalue weighted by atomic mass is 16.5. The average Bonchev–Trinajstić information content (AvgIpc) is 3.67. The van der Waals surface area contributed by atoms with E-state index in [0.29, 0.717) is 71.8 Å². The van der Waals surface area contributed by atoms with Crippen LogP contribution in [0.2, 0.25) is 0 Å². The van der Waals surface area contributed by atoms with Gasteiger partial charge < -0.3 is 34.6 Å². The van der Waals surface area contributed by atoms with Crippen LogP contribution < -0.4 is 14.8 Å². The Bertz CT molecular complexity index is 1280. The van der Waals surface area contributed by atoms with Gasteiger partial charge in [0.25, 0.3) is 5.91 Å². The number of aliphatic hydroxyl groups excluding tert-OH is 2. The number of benzene rings is 1. The van der Waals surface area contributed by atoms with E-state index in [-0.39, 0.29) is 24.5 Å². The normalized spacial score (nSPS) is 36.8. The molecule has 43 heavy (non-hydrogen) atoms. The van der Waals surface area contributed by atoms with E-state index in [1.54, 1.807) is 18.2 Å². The van der Waals surface area contributed by atoms with Crippen LogP contribution in [0, 0.1) is 23.2 Å². The van der Waals surface area contributed by atoms with Crippen LogP contribution in [0.3, 0.4) is 0 Å². The maximum absolute atomic E-state index is 14.3. The van der Waals surface area contributed by atoms with E-state index >= 15 is 0 Å². The number of rotatable bonds is 9. The fourth-order valence-electron chi connectivity index (χ4n) is 9.69. The molecule has 5 aliphatic carbocycles. The third-order valence-corrected chi connectivity index (χ3v) is 10.9. The third kappa shape index (κ3) is 4.95. The summed E-state index contributed by atoms with van der Waals surface area (Å²) in [5, 5.41) is 24.3. The van der Waals surface area contributed by atoms with Crippen molar-refractivity contribution in [3.8, 4) is 11.5 Å². The van der Waals surface area contributed by atoms with Gasteiger partial charge >= 0.3 is 0 Å². The summed E-state index contributed by atoms with van der Waals surface area (Å²) in [5.74, 6) is 1.55. The Morgan fingerprint density at radius 3 is 2.49 bits per heavy atom. The first kappa shape index (κ1) is 28.8. The number of fused-ring (bicyclic) bond motifs is 3. The van der Waals surface area contributed by atoms with Crippen molar-refractivity contribution in [3.63, 3.8) is 0 Å². The number of carbonyl (C=O) groups excluding carboxylic acids is 3. The van der Waals surface area contributed by atoms with Gasteiger partial charge in [0.05, 0.1) is 25.7 Å². The van der Waals surface area contributed by atoms with Gasteiger partial charge in [0.1, 0.15) is 24.6 Å². The molecule has 1 unspecified atom stereocenters. The number of ether oxygens (including phenoxy) is 3. The lowest BCUT2D eigenvalue weighted by atomic mass is 9.49. The third-order valence-electron chi connectivity index (χ3n) is 10.9. The number of methoxy groups -OCH3 is 1. The number of nitrogens with one attached hydrogen (secondary N) is 1. The van der Waals surface area contributed by atoms with E-state index in [1.807, 2.05) is 4.90 Å². The van der Waals surface area contributed by atoms with Crippen molar-refractivity contribution < 1.29 is 38.8 Å². The van der Waals surface area contributed by atoms with Gasteiger partial charge in [-0.25, -0.2) is 0 Å². The van der Waals surface area contributed by atoms with Crippen LogP contribution in [0.4, 0.5) is 0 Å². The van der Waals surface area contributed by atoms with Crippen molar-refractivity contribution in [1.29, 1.82) is 0 Å². The molecule has 4 saturated carbocycles. The Hall–Kier alpha value is -2.95. The summed E-state index contributed by atoms with van der Waals surface area (Å²) in [5.41, 5.74) is 1.28. The molecular weight excluding hydrogens is 552 g/mol. The lowest BCUT2D eigenvalue weighted by molar-refractivity contribution is -0.154. The molecule has 2 heterocycles. The molecule has 232 valence electrons. The molecule has 0 radical (unpaired) electrons. The van der Waals surface area contributed by atoms with Crippen LogP contribution >= 0.6 is 0 Å². The molecule has 0 spiro atoms. The number of hydrogen-bond donors (Lipinski definition) is 3. The van der Waals surface area contributed by atoms with Crippen LogP contribution in [0.15, 0.2) is 23.8 Å². The number of carbonyl (C=O) groups is 3. The first-order chi connectivity index (χ1) is 20.8. The zero-order valence-corrected chi connectivity index (χ0v) is 24.7. The minimum atomic E-state index is -1.14. The number of nitrogens with zero attached hydrogens (tertiary/aromatic N) is 1. The highest BCUT2D eigenvalue weighted by Gasteiger charge is 2.56. The SMILES string of the molecule is COc1cc(C=O)cc2c1O[C@@H]1[C@@H](O)[C@H](N(CC34CC5CC(CC(C5)C3)C4)C(=O)C3CCCO3)C=C(C(=O)NCCO)[C@H]21. The standard InChI is InChI=1S/C33H42N2O8/c1-41-26-11-21(16-37)10-22-27-23(31(39)34-4-5-36)12-24(28(38)30(27)43-29(22)26)35(32(40)25-3-2-6-42-25)17-33-13-18-7-19(14-33)9-20(8-18)15-33/h10-12,16,18-20,24-25,27-28,30,36,38H,2-9,13-15,17H2,1H3,(H,34,39)/t18?,19?,20?,24-,25?,27+,28+,30+,33?/m1/s1. The first-order valence-electron chi connectivity index (χ1n) is 15.9. The Balaban J connectivity index is 1.30. The molecule has 7 aliphatic rings. The zero-order valence-electron chi connectivity index (χ0n) is 24.7. The molecule has 5 atom stereocenters. The molecule has 1 saturated heterocycles. The molecule has 4 bridgehead atoms. The maximum atomic E-state index is 14.3. The van der Waals surface area contributed by atoms with Crippen LogP contribution in [-0.2, 0) is 14.3 Å². The fourth-order valence-corrected chi connectivity index (χ4v) is 9.69. The molecule has 10 nitrogen and oxygen atoms in total. The molecule has 3 N–H and O–H groups in total. The van der Waals surface area contributed by atoms with Gasteiger partial charge in [-0.3, -0.25) is 14.4 Å². The predicted octanol–water partition coefficient (Wildman–Crippen LogP) is 2.35. The Kier molecular flexibility index (Phi) is 7.50. The van der Waals surface area contributed by atoms with Gasteiger partial charge in [0, 0.05) is 36.4 Å². The van der Waals surface area contributed by atoms with Gasteiger partial charge in [-0.15, -0.1) is 0 Å². The monoisotopic (exact) mass is 594 g/mol. The van der Waals surface area contributed by atoms with E-state index in [0.717, 1.165) is 25.7 Å². The average molecular weight is 595 g/mol. The van der Waals surface area contributed by atoms with Crippen molar-refractivity contribution in [3.05, 3.63) is 34.9 Å². The number of aliphatic hydroxyl groups is 2. The van der Waals surface area contributed by atoms with Crippen molar-refractivity contribution in [2.75, 3.05) is 33.4 Å². The summed E-state index contributed by atoms with van der Waals surface area (Å²) in [6.07, 6.45) is 8.37. The second-order valence-corrected chi connectivity index (χ2v) is 13.8. The van der Waals surface area contributed by atoms with Crippen LogP contribution in [0.1, 0.15) is 73.2 Å². The van der Waals surface area contributed by atoms with Gasteiger partial charge in [0.2, 0.25) is 5.91 Å². The van der Waals surface area contributed by atoms with E-state index < -0.39 is 36.2 Å². The summed E-state index contributed by atoms with van der Waals surface area (Å²) < 4.78 is 17.8. The lowest BCUT2D eigenvalue weighted by Gasteiger charge is -2.58. The van der Waals surface area contributed by atoms with Crippen molar-refractivity contribution in [1.82, 2.24) is 10.2 Å². The largest absolute Gasteiger partial charge is 0.493 e. The quantitative estimate of drug-likeness (QED) is 0.371. The van der Waals surface area contributed by atoms with Gasteiger partial charge in [0.15, 0.2) is 11.5 Å². The Labute approximate surface area is 251 Å². The smallest absolute Gasteiger partial charge is 0.252 e. The zero-order chi connectivity index (χ0) is 29.9. The maximum Gasteiger partial charge on any atom is 0.252 e. The molecule has 5 fully saturated rings. The topological polar surface area (TPSA) is 135 Å². The second-order valence-electron chi connectivity index (χ2n) is 13.8. The van der Waals surface area contributed by atoms with Crippen molar-refractivity contribution in [2.24, 2.45) is 23.2 Å². The summed E-state index contributed by atoms with van der Waals surface area (Å²) in [6.45, 7) is 0.867. The summed E-state index contributed by atoms with van der Waals surface area (Å²) in [6, 6.07) is 2.43. The molecule has 10 heteroatoms. The highest BCUT2D eigenvalue weighted by Crippen LogP contribution is 2.60. The predicted molar refractivity (Wildman–Crippen MR) is 155 cm³/mol. The molecule has 0 aromatic heterocycles. The number of hydrogen-bond acceptors (Lipinski definition) is 8. The van der Waals surface area contributed by atoms with E-state index in [1.165, 1.54) is 26.4 Å². The Morgan fingerprint density at radius 2 is 1.88 bits per heavy atom. The van der Waals surface area contributed by atoms with E-state index in [4.69, 9.17) is 14.2 Å². The summed E-state index contributed by atoms with van der Waals surface area (Å²) in [4.78, 5) is 41.5. The van der Waals surface area contributed by atoms with Crippen LogP contribution in [-0.4, -0.2) is 91.0 Å². The molecule has 1 aromatic rings. The lowest BCUT2D eigenvalue weighted by Crippen LogP contribution is -2.61. The number of aldehydes is 1. The van der Waals surface area contributed by atoms with Crippen LogP contribution in [0.25, 0.3) is 0 Å². The van der Waals surface area contributed by atoms with Crippen molar-refractivity contribution in [2.45, 2.75) is 81.6 Å². The minimum Gasteiger partial charge on any atom is -0.493 e. The molecule has 2 amide bonds. The van der Waals surface area contributed by atoms with Gasteiger partial charge in [-0.05, 0) is 92.7 Å². The van der Waals surface area contributed by atoms with Gasteiger partial charge in [-0.2, -0.15) is 0 Å². The summed E-state index contributed by atoms with van der Waals surface area (Å²) >= 11 is 0. The first-order valence-corrected chi connectivity index (χ1v) is 15.9. The molecule has 2 aliphatic heterocycles. The molecule has 1 aromatic carbocycles. The van der Waals surface area contributed by atoms with Crippen molar-refractivity contribution >= 4 is 18.1 Å². The Morgan fingerprint density at radius 1 is 1.16 bits per heavy atom. The highest BCUT2D eigenvalue weighted by molar-refractivity contribution is 5.96. The van der Waals surface area contributed by atoms with E-state index in [9.17, 15) is 24.6 Å². The van der Waals surface area contributed by atoms with E-state index in [2.05, 4.69) is 5.32 Å². The molecular formula is C33H42N2O8. The fraction of sp³-hybridized carbons (Fsp3) is 0.667. The summed E-state index contributed by atoms with van der Waals surface area (Å²) in [7, 11) is 1.48. The molecule has 8 rings (SSSR count). The van der Waals surface area contributed by atoms with Gasteiger partial charge in [-0.1, -0.05) is 0 Å². The minimum absolute atomic E-state index is 0.00564. The van der Waals surface area contributed by atoms with Crippen LogP contribution in [0.5, 0.6) is 11.5 Å².